The van der Waals surface area contributed by atoms with Gasteiger partial charge in [0, 0.05) is 30.2 Å². The van der Waals surface area contributed by atoms with Gasteiger partial charge in [0.2, 0.25) is 0 Å². The van der Waals surface area contributed by atoms with Crippen LogP contribution in [0.2, 0.25) is 0 Å². The Balaban J connectivity index is 1.95. The molecule has 0 saturated heterocycles. The molecule has 6 heteroatoms. The van der Waals surface area contributed by atoms with Crippen molar-refractivity contribution >= 4 is 17.3 Å². The zero-order valence-electron chi connectivity index (χ0n) is 14.4. The number of hydrogen-bond donors (Lipinski definition) is 2. The minimum absolute atomic E-state index is 0.250. The van der Waals surface area contributed by atoms with Crippen LogP contribution >= 0.6 is 0 Å². The van der Waals surface area contributed by atoms with E-state index in [1.54, 1.807) is 25.4 Å². The highest BCUT2D eigenvalue weighted by atomic mass is 16.5. The average molecular weight is 328 g/mol. The topological polar surface area (TPSA) is 66.5 Å². The largest absolute Gasteiger partial charge is 0.497 e. The van der Waals surface area contributed by atoms with Crippen LogP contribution in [0.25, 0.3) is 0 Å². The summed E-state index contributed by atoms with van der Waals surface area (Å²) in [6, 6.07) is 10.8. The fourth-order valence-corrected chi connectivity index (χ4v) is 2.19. The highest BCUT2D eigenvalue weighted by Crippen LogP contribution is 2.17. The van der Waals surface area contributed by atoms with Crippen LogP contribution in [0.4, 0.5) is 11.4 Å². The molecule has 0 aliphatic carbocycles. The first-order valence-corrected chi connectivity index (χ1v) is 7.88. The van der Waals surface area contributed by atoms with Gasteiger partial charge in [0.05, 0.1) is 7.11 Å². The van der Waals surface area contributed by atoms with E-state index in [2.05, 4.69) is 20.5 Å². The summed E-state index contributed by atoms with van der Waals surface area (Å²) in [5.74, 6) is 0.442. The second kappa shape index (κ2) is 8.88. The van der Waals surface area contributed by atoms with Crippen molar-refractivity contribution in [2.45, 2.75) is 6.42 Å². The normalized spacial score (nSPS) is 10.5. The van der Waals surface area contributed by atoms with E-state index in [1.165, 1.54) is 0 Å². The SMILES string of the molecule is COc1cccc(NC(=O)c2cc(NCCCN(C)C)ccn2)c1. The number of benzene rings is 1. The zero-order valence-corrected chi connectivity index (χ0v) is 14.4. The highest BCUT2D eigenvalue weighted by molar-refractivity contribution is 6.03. The summed E-state index contributed by atoms with van der Waals surface area (Å²) in [7, 11) is 5.69. The molecule has 2 N–H and O–H groups in total. The van der Waals surface area contributed by atoms with Gasteiger partial charge in [0.1, 0.15) is 11.4 Å². The van der Waals surface area contributed by atoms with Crippen LogP contribution in [-0.2, 0) is 0 Å². The number of methoxy groups -OCH3 is 1. The predicted molar refractivity (Wildman–Crippen MR) is 96.8 cm³/mol. The number of aromatic nitrogens is 1. The summed E-state index contributed by atoms with van der Waals surface area (Å²) in [6.07, 6.45) is 2.66. The van der Waals surface area contributed by atoms with Crippen LogP contribution in [0.15, 0.2) is 42.6 Å². The van der Waals surface area contributed by atoms with Crippen LogP contribution in [0, 0.1) is 0 Å². The quantitative estimate of drug-likeness (QED) is 0.729. The molecular formula is C18H24N4O2. The van der Waals surface area contributed by atoms with Gasteiger partial charge in [-0.2, -0.15) is 0 Å². The fourth-order valence-electron chi connectivity index (χ4n) is 2.19. The van der Waals surface area contributed by atoms with Crippen molar-refractivity contribution in [3.8, 4) is 5.75 Å². The predicted octanol–water partition coefficient (Wildman–Crippen LogP) is 2.71. The first-order chi connectivity index (χ1) is 11.6. The third-order valence-corrected chi connectivity index (χ3v) is 3.43. The number of carbonyl (C=O) groups is 1. The first-order valence-electron chi connectivity index (χ1n) is 7.88. The highest BCUT2D eigenvalue weighted by Gasteiger charge is 2.09. The lowest BCUT2D eigenvalue weighted by molar-refractivity contribution is 0.102. The van der Waals surface area contributed by atoms with Crippen molar-refractivity contribution < 1.29 is 9.53 Å². The maximum absolute atomic E-state index is 12.3. The van der Waals surface area contributed by atoms with E-state index in [9.17, 15) is 4.79 Å². The van der Waals surface area contributed by atoms with Crippen LogP contribution in [-0.4, -0.2) is 50.1 Å². The molecule has 1 heterocycles. The second-order valence-corrected chi connectivity index (χ2v) is 5.70. The van der Waals surface area contributed by atoms with Gasteiger partial charge in [-0.3, -0.25) is 9.78 Å². The number of ether oxygens (including phenoxy) is 1. The van der Waals surface area contributed by atoms with E-state index in [-0.39, 0.29) is 5.91 Å². The lowest BCUT2D eigenvalue weighted by Crippen LogP contribution is -2.17. The monoisotopic (exact) mass is 328 g/mol. The summed E-state index contributed by atoms with van der Waals surface area (Å²) < 4.78 is 5.15. The number of pyridine rings is 1. The van der Waals surface area contributed by atoms with Crippen molar-refractivity contribution in [3.63, 3.8) is 0 Å². The number of hydrogen-bond acceptors (Lipinski definition) is 5. The standard InChI is InChI=1S/C18H24N4O2/c1-22(2)11-5-9-19-14-8-10-20-17(13-14)18(23)21-15-6-4-7-16(12-15)24-3/h4,6-8,10,12-13H,5,9,11H2,1-3H3,(H,19,20)(H,21,23). The Morgan fingerprint density at radius 3 is 2.79 bits per heavy atom. The van der Waals surface area contributed by atoms with E-state index >= 15 is 0 Å². The van der Waals surface area contributed by atoms with E-state index in [1.807, 2.05) is 38.4 Å². The number of carbonyl (C=O) groups excluding carboxylic acids is 1. The average Bonchev–Trinajstić information content (AvgIpc) is 2.59. The minimum Gasteiger partial charge on any atom is -0.497 e. The Morgan fingerprint density at radius 2 is 2.04 bits per heavy atom. The van der Waals surface area contributed by atoms with Gasteiger partial charge in [-0.1, -0.05) is 6.07 Å². The van der Waals surface area contributed by atoms with Crippen molar-refractivity contribution in [1.82, 2.24) is 9.88 Å². The summed E-state index contributed by atoms with van der Waals surface area (Å²) >= 11 is 0. The molecule has 0 aliphatic rings. The van der Waals surface area contributed by atoms with Crippen LogP contribution in [0.5, 0.6) is 5.75 Å². The number of rotatable bonds is 8. The Morgan fingerprint density at radius 1 is 1.21 bits per heavy atom. The third-order valence-electron chi connectivity index (χ3n) is 3.43. The molecule has 0 fully saturated rings. The summed E-state index contributed by atoms with van der Waals surface area (Å²) in [4.78, 5) is 18.6. The van der Waals surface area contributed by atoms with E-state index in [4.69, 9.17) is 4.74 Å². The van der Waals surface area contributed by atoms with Crippen molar-refractivity contribution in [2.75, 3.05) is 44.9 Å². The molecule has 0 bridgehead atoms. The smallest absolute Gasteiger partial charge is 0.274 e. The van der Waals surface area contributed by atoms with E-state index in [0.717, 1.165) is 25.2 Å². The molecule has 6 nitrogen and oxygen atoms in total. The van der Waals surface area contributed by atoms with Crippen molar-refractivity contribution in [2.24, 2.45) is 0 Å². The van der Waals surface area contributed by atoms with Crippen LogP contribution in [0.1, 0.15) is 16.9 Å². The van der Waals surface area contributed by atoms with Crippen LogP contribution in [0.3, 0.4) is 0 Å². The molecule has 1 aromatic heterocycles. The van der Waals surface area contributed by atoms with Gasteiger partial charge in [0.15, 0.2) is 0 Å². The maximum Gasteiger partial charge on any atom is 0.274 e. The van der Waals surface area contributed by atoms with Gasteiger partial charge in [-0.05, 0) is 51.3 Å². The molecule has 2 rings (SSSR count). The van der Waals surface area contributed by atoms with Gasteiger partial charge >= 0.3 is 0 Å². The molecule has 0 aliphatic heterocycles. The molecule has 2 aromatic rings. The number of amides is 1. The Bertz CT molecular complexity index is 674. The van der Waals surface area contributed by atoms with Crippen LogP contribution < -0.4 is 15.4 Å². The molecule has 0 atom stereocenters. The minimum atomic E-state index is -0.250. The molecule has 128 valence electrons. The van der Waals surface area contributed by atoms with Crippen molar-refractivity contribution in [3.05, 3.63) is 48.3 Å². The summed E-state index contributed by atoms with van der Waals surface area (Å²) in [5.41, 5.74) is 1.93. The van der Waals surface area contributed by atoms with Gasteiger partial charge in [-0.15, -0.1) is 0 Å². The zero-order chi connectivity index (χ0) is 17.4. The maximum atomic E-state index is 12.3. The number of nitrogens with one attached hydrogen (secondary N) is 2. The molecule has 0 unspecified atom stereocenters. The second-order valence-electron chi connectivity index (χ2n) is 5.70. The lowest BCUT2D eigenvalue weighted by atomic mass is 10.2. The Hall–Kier alpha value is -2.60. The van der Waals surface area contributed by atoms with Gasteiger partial charge < -0.3 is 20.3 Å². The first kappa shape index (κ1) is 17.7. The molecule has 0 radical (unpaired) electrons. The Kier molecular flexibility index (Phi) is 6.57. The number of anilines is 2. The van der Waals surface area contributed by atoms with Gasteiger partial charge in [-0.25, -0.2) is 0 Å². The summed E-state index contributed by atoms with van der Waals surface area (Å²) in [5, 5.41) is 6.14. The summed E-state index contributed by atoms with van der Waals surface area (Å²) in [6.45, 7) is 1.86. The third kappa shape index (κ3) is 5.55. The molecule has 0 spiro atoms. The number of nitrogens with zero attached hydrogens (tertiary/aromatic N) is 2. The lowest BCUT2D eigenvalue weighted by Gasteiger charge is -2.11. The molecule has 1 amide bonds. The fraction of sp³-hybridized carbons (Fsp3) is 0.333. The molecule has 0 saturated carbocycles. The Labute approximate surface area is 142 Å². The van der Waals surface area contributed by atoms with E-state index < -0.39 is 0 Å². The molecular weight excluding hydrogens is 304 g/mol. The van der Waals surface area contributed by atoms with Gasteiger partial charge in [0.25, 0.3) is 5.91 Å². The molecule has 1 aromatic carbocycles. The van der Waals surface area contributed by atoms with E-state index in [0.29, 0.717) is 17.1 Å². The van der Waals surface area contributed by atoms with Crippen molar-refractivity contribution in [1.29, 1.82) is 0 Å². The molecule has 24 heavy (non-hydrogen) atoms.